The molecule has 14 heavy (non-hydrogen) atoms. The summed E-state index contributed by atoms with van der Waals surface area (Å²) >= 11 is 0. The molecule has 2 heteroatoms. The molecule has 1 aromatic carbocycles. The van der Waals surface area contributed by atoms with E-state index in [0.29, 0.717) is 5.92 Å². The topological polar surface area (TPSA) is 15.6 Å². The summed E-state index contributed by atoms with van der Waals surface area (Å²) in [5.41, 5.74) is 1.39. The Morgan fingerprint density at radius 1 is 1.36 bits per heavy atom. The van der Waals surface area contributed by atoms with E-state index in [2.05, 4.69) is 47.4 Å². The van der Waals surface area contributed by atoms with Crippen LogP contribution in [0.25, 0.3) is 0 Å². The van der Waals surface area contributed by atoms with E-state index in [1.807, 2.05) is 6.21 Å². The lowest BCUT2D eigenvalue weighted by Gasteiger charge is -2.14. The zero-order valence-electron chi connectivity index (χ0n) is 8.56. The third-order valence-electron chi connectivity index (χ3n) is 2.48. The normalized spacial score (nSPS) is 20.4. The molecule has 0 saturated carbocycles. The van der Waals surface area contributed by atoms with Crippen LogP contribution in [0.2, 0.25) is 0 Å². The predicted molar refractivity (Wildman–Crippen MR) is 59.4 cm³/mol. The second-order valence-electron chi connectivity index (χ2n) is 3.89. The fourth-order valence-electron chi connectivity index (χ4n) is 1.69. The fourth-order valence-corrected chi connectivity index (χ4v) is 1.69. The van der Waals surface area contributed by atoms with Crippen LogP contribution in [0.1, 0.15) is 12.5 Å². The van der Waals surface area contributed by atoms with Gasteiger partial charge in [0.25, 0.3) is 0 Å². The summed E-state index contributed by atoms with van der Waals surface area (Å²) in [4.78, 5) is 0. The van der Waals surface area contributed by atoms with Crippen molar-refractivity contribution in [3.05, 3.63) is 35.9 Å². The van der Waals surface area contributed by atoms with Crippen molar-refractivity contribution in [2.45, 2.75) is 13.3 Å². The molecule has 0 bridgehead atoms. The van der Waals surface area contributed by atoms with Gasteiger partial charge < -0.3 is 0 Å². The molecule has 0 radical (unpaired) electrons. The standard InChI is InChI=1S/C12H16N2/c1-11-9-13-14(10-11)8-7-12-5-3-2-4-6-12/h2-6,9,11H,7-8,10H2,1H3. The van der Waals surface area contributed by atoms with Crippen molar-refractivity contribution >= 4 is 6.21 Å². The number of hydrazone groups is 1. The third-order valence-corrected chi connectivity index (χ3v) is 2.48. The van der Waals surface area contributed by atoms with Crippen molar-refractivity contribution in [2.75, 3.05) is 13.1 Å². The zero-order valence-corrected chi connectivity index (χ0v) is 8.56. The molecule has 0 fully saturated rings. The molecule has 2 nitrogen and oxygen atoms in total. The maximum Gasteiger partial charge on any atom is 0.0436 e. The summed E-state index contributed by atoms with van der Waals surface area (Å²) in [5.74, 6) is 0.616. The summed E-state index contributed by atoms with van der Waals surface area (Å²) in [6.45, 7) is 4.31. The molecule has 0 aromatic heterocycles. The number of hydrogen-bond donors (Lipinski definition) is 0. The summed E-state index contributed by atoms with van der Waals surface area (Å²) in [6, 6.07) is 10.6. The zero-order chi connectivity index (χ0) is 9.80. The first kappa shape index (κ1) is 9.25. The lowest BCUT2D eigenvalue weighted by atomic mass is 10.1. The molecule has 0 spiro atoms. The van der Waals surface area contributed by atoms with E-state index in [9.17, 15) is 0 Å². The van der Waals surface area contributed by atoms with Crippen LogP contribution >= 0.6 is 0 Å². The van der Waals surface area contributed by atoms with E-state index in [1.54, 1.807) is 0 Å². The SMILES string of the molecule is CC1C=NN(CCc2ccccc2)C1. The van der Waals surface area contributed by atoms with E-state index in [-0.39, 0.29) is 0 Å². The molecule has 0 aliphatic carbocycles. The van der Waals surface area contributed by atoms with Gasteiger partial charge in [-0.05, 0) is 12.0 Å². The Hall–Kier alpha value is -1.31. The number of benzene rings is 1. The van der Waals surface area contributed by atoms with Gasteiger partial charge in [-0.25, -0.2) is 0 Å². The Kier molecular flexibility index (Phi) is 2.82. The van der Waals surface area contributed by atoms with Gasteiger partial charge in [-0.3, -0.25) is 5.01 Å². The molecule has 1 unspecified atom stereocenters. The smallest absolute Gasteiger partial charge is 0.0436 e. The Bertz CT molecular complexity index is 305. The molecule has 0 saturated heterocycles. The molecule has 2 rings (SSSR count). The van der Waals surface area contributed by atoms with Crippen LogP contribution in [0.3, 0.4) is 0 Å². The van der Waals surface area contributed by atoms with Crippen LogP contribution in [-0.4, -0.2) is 24.3 Å². The minimum atomic E-state index is 0.616. The molecule has 1 aliphatic rings. The average molecular weight is 188 g/mol. The van der Waals surface area contributed by atoms with Gasteiger partial charge in [0.05, 0.1) is 0 Å². The summed E-state index contributed by atoms with van der Waals surface area (Å²) in [5, 5.41) is 6.49. The Morgan fingerprint density at radius 2 is 2.14 bits per heavy atom. The molecule has 74 valence electrons. The lowest BCUT2D eigenvalue weighted by Crippen LogP contribution is -2.19. The van der Waals surface area contributed by atoms with Crippen molar-refractivity contribution in [1.29, 1.82) is 0 Å². The van der Waals surface area contributed by atoms with E-state index in [0.717, 1.165) is 19.5 Å². The summed E-state index contributed by atoms with van der Waals surface area (Å²) < 4.78 is 0. The van der Waals surface area contributed by atoms with E-state index in [4.69, 9.17) is 0 Å². The van der Waals surface area contributed by atoms with Gasteiger partial charge >= 0.3 is 0 Å². The quantitative estimate of drug-likeness (QED) is 0.709. The van der Waals surface area contributed by atoms with Crippen LogP contribution in [0, 0.1) is 5.92 Å². The maximum atomic E-state index is 4.34. The predicted octanol–water partition coefficient (Wildman–Crippen LogP) is 2.17. The number of rotatable bonds is 3. The highest BCUT2D eigenvalue weighted by atomic mass is 15.5. The van der Waals surface area contributed by atoms with Gasteiger partial charge in [-0.15, -0.1) is 0 Å². The first-order valence-electron chi connectivity index (χ1n) is 5.17. The molecule has 1 atom stereocenters. The maximum absolute atomic E-state index is 4.34. The molecular formula is C12H16N2. The van der Waals surface area contributed by atoms with Crippen LogP contribution in [0.4, 0.5) is 0 Å². The van der Waals surface area contributed by atoms with Crippen LogP contribution in [0.15, 0.2) is 35.4 Å². The Balaban J connectivity index is 1.81. The van der Waals surface area contributed by atoms with Gasteiger partial charge in [0.15, 0.2) is 0 Å². The van der Waals surface area contributed by atoms with Crippen LogP contribution in [0.5, 0.6) is 0 Å². The minimum absolute atomic E-state index is 0.616. The van der Waals surface area contributed by atoms with Crippen molar-refractivity contribution in [3.8, 4) is 0 Å². The lowest BCUT2D eigenvalue weighted by molar-refractivity contribution is 0.304. The molecule has 1 heterocycles. The highest BCUT2D eigenvalue weighted by Gasteiger charge is 2.11. The fraction of sp³-hybridized carbons (Fsp3) is 0.417. The van der Waals surface area contributed by atoms with Gasteiger partial charge in [0, 0.05) is 25.2 Å². The largest absolute Gasteiger partial charge is 0.296 e. The molecule has 1 aromatic rings. The van der Waals surface area contributed by atoms with Crippen LogP contribution < -0.4 is 0 Å². The monoisotopic (exact) mass is 188 g/mol. The van der Waals surface area contributed by atoms with Crippen molar-refractivity contribution in [1.82, 2.24) is 5.01 Å². The van der Waals surface area contributed by atoms with Gasteiger partial charge in [-0.2, -0.15) is 5.10 Å². The van der Waals surface area contributed by atoms with Crippen molar-refractivity contribution < 1.29 is 0 Å². The van der Waals surface area contributed by atoms with Gasteiger partial charge in [-0.1, -0.05) is 37.3 Å². The van der Waals surface area contributed by atoms with Crippen LogP contribution in [-0.2, 0) is 6.42 Å². The first-order chi connectivity index (χ1) is 6.84. The minimum Gasteiger partial charge on any atom is -0.296 e. The highest BCUT2D eigenvalue weighted by molar-refractivity contribution is 5.61. The summed E-state index contributed by atoms with van der Waals surface area (Å²) in [7, 11) is 0. The van der Waals surface area contributed by atoms with Crippen molar-refractivity contribution in [3.63, 3.8) is 0 Å². The average Bonchev–Trinajstić information content (AvgIpc) is 2.63. The van der Waals surface area contributed by atoms with Gasteiger partial charge in [0.1, 0.15) is 0 Å². The second kappa shape index (κ2) is 4.27. The number of hydrogen-bond acceptors (Lipinski definition) is 2. The molecule has 1 aliphatic heterocycles. The van der Waals surface area contributed by atoms with Gasteiger partial charge in [0.2, 0.25) is 0 Å². The van der Waals surface area contributed by atoms with Crippen molar-refractivity contribution in [2.24, 2.45) is 11.0 Å². The second-order valence-corrected chi connectivity index (χ2v) is 3.89. The molecule has 0 N–H and O–H groups in total. The number of nitrogens with zero attached hydrogens (tertiary/aromatic N) is 2. The van der Waals surface area contributed by atoms with E-state index >= 15 is 0 Å². The first-order valence-corrected chi connectivity index (χ1v) is 5.17. The van der Waals surface area contributed by atoms with E-state index in [1.165, 1.54) is 5.56 Å². The molecule has 0 amide bonds. The third kappa shape index (κ3) is 2.34. The Morgan fingerprint density at radius 3 is 2.79 bits per heavy atom. The summed E-state index contributed by atoms with van der Waals surface area (Å²) in [6.07, 6.45) is 3.12. The Labute approximate surface area is 85.2 Å². The molecular weight excluding hydrogens is 172 g/mol. The van der Waals surface area contributed by atoms with E-state index < -0.39 is 0 Å². The highest BCUT2D eigenvalue weighted by Crippen LogP contribution is 2.08.